The smallest absolute Gasteiger partial charge is 0.303 e. The van der Waals surface area contributed by atoms with Gasteiger partial charge in [-0.2, -0.15) is 0 Å². The third-order valence-electron chi connectivity index (χ3n) is 3.78. The maximum Gasteiger partial charge on any atom is 0.303 e. The molecule has 2 N–H and O–H groups in total. The Bertz CT molecular complexity index is 307. The summed E-state index contributed by atoms with van der Waals surface area (Å²) in [7, 11) is 0. The van der Waals surface area contributed by atoms with E-state index in [1.807, 2.05) is 0 Å². The van der Waals surface area contributed by atoms with Gasteiger partial charge in [0.1, 0.15) is 0 Å². The molecule has 2 aliphatic rings. The summed E-state index contributed by atoms with van der Waals surface area (Å²) in [6.07, 6.45) is 5.34. The van der Waals surface area contributed by atoms with Crippen molar-refractivity contribution in [1.29, 1.82) is 0 Å². The summed E-state index contributed by atoms with van der Waals surface area (Å²) >= 11 is 0. The minimum absolute atomic E-state index is 0.140. The maximum absolute atomic E-state index is 11.6. The van der Waals surface area contributed by atoms with E-state index < -0.39 is 5.97 Å². The van der Waals surface area contributed by atoms with Crippen LogP contribution in [0.5, 0.6) is 0 Å². The number of carbonyl (C=O) groups is 2. The van der Waals surface area contributed by atoms with Gasteiger partial charge in [-0.05, 0) is 51.1 Å². The van der Waals surface area contributed by atoms with Crippen molar-refractivity contribution in [2.75, 3.05) is 19.6 Å². The molecule has 0 aromatic heterocycles. The van der Waals surface area contributed by atoms with Gasteiger partial charge in [-0.1, -0.05) is 0 Å². The predicted molar refractivity (Wildman–Crippen MR) is 67.2 cm³/mol. The molecule has 1 saturated heterocycles. The molecule has 1 heterocycles. The second-order valence-corrected chi connectivity index (χ2v) is 5.49. The summed E-state index contributed by atoms with van der Waals surface area (Å²) in [5, 5.41) is 11.6. The number of aliphatic carboxylic acids is 1. The summed E-state index contributed by atoms with van der Waals surface area (Å²) < 4.78 is 0. The lowest BCUT2D eigenvalue weighted by molar-refractivity contribution is -0.137. The Hall–Kier alpha value is -1.10. The number of rotatable bonds is 6. The highest BCUT2D eigenvalue weighted by atomic mass is 16.4. The van der Waals surface area contributed by atoms with Crippen LogP contribution in [0.4, 0.5) is 0 Å². The first-order chi connectivity index (χ1) is 8.63. The third-order valence-corrected chi connectivity index (χ3v) is 3.78. The quantitative estimate of drug-likeness (QED) is 0.737. The fourth-order valence-electron chi connectivity index (χ4n) is 2.46. The van der Waals surface area contributed by atoms with Gasteiger partial charge in [-0.25, -0.2) is 0 Å². The number of hydrogen-bond donors (Lipinski definition) is 2. The van der Waals surface area contributed by atoms with E-state index in [-0.39, 0.29) is 12.3 Å². The van der Waals surface area contributed by atoms with Gasteiger partial charge < -0.3 is 10.4 Å². The molecule has 0 atom stereocenters. The van der Waals surface area contributed by atoms with Crippen molar-refractivity contribution in [3.8, 4) is 0 Å². The van der Waals surface area contributed by atoms with Crippen LogP contribution in [0, 0.1) is 5.92 Å². The first kappa shape index (κ1) is 13.3. The molecule has 1 aliphatic heterocycles. The van der Waals surface area contributed by atoms with Gasteiger partial charge in [0.2, 0.25) is 5.91 Å². The van der Waals surface area contributed by atoms with Gasteiger partial charge in [-0.3, -0.25) is 14.5 Å². The number of carbonyl (C=O) groups excluding carboxylic acids is 1. The summed E-state index contributed by atoms with van der Waals surface area (Å²) in [6.45, 7) is 2.34. The lowest BCUT2D eigenvalue weighted by Crippen LogP contribution is -2.42. The van der Waals surface area contributed by atoms with E-state index in [2.05, 4.69) is 10.2 Å². The third kappa shape index (κ3) is 4.64. The van der Waals surface area contributed by atoms with Crippen molar-refractivity contribution in [1.82, 2.24) is 10.2 Å². The number of hydrogen-bond acceptors (Lipinski definition) is 3. The fraction of sp³-hybridized carbons (Fsp3) is 0.846. The molecule has 0 aromatic rings. The van der Waals surface area contributed by atoms with Crippen LogP contribution in [0.15, 0.2) is 0 Å². The van der Waals surface area contributed by atoms with E-state index in [0.29, 0.717) is 18.5 Å². The Morgan fingerprint density at radius 2 is 1.83 bits per heavy atom. The lowest BCUT2D eigenvalue weighted by atomic mass is 9.92. The van der Waals surface area contributed by atoms with E-state index in [4.69, 9.17) is 5.11 Å². The van der Waals surface area contributed by atoms with Crippen LogP contribution in [-0.4, -0.2) is 47.6 Å². The van der Waals surface area contributed by atoms with E-state index in [0.717, 1.165) is 45.2 Å². The number of nitrogens with one attached hydrogen (secondary N) is 1. The van der Waals surface area contributed by atoms with E-state index >= 15 is 0 Å². The number of carboxylic acids is 1. The number of piperidine rings is 1. The van der Waals surface area contributed by atoms with Crippen LogP contribution in [0.2, 0.25) is 0 Å². The van der Waals surface area contributed by atoms with Crippen LogP contribution >= 0.6 is 0 Å². The van der Waals surface area contributed by atoms with Crippen LogP contribution in [-0.2, 0) is 9.59 Å². The number of likely N-dealkylation sites (tertiary alicyclic amines) is 1. The Balaban J connectivity index is 1.60. The van der Waals surface area contributed by atoms with Gasteiger partial charge in [0, 0.05) is 12.5 Å². The number of amides is 1. The normalized spacial score (nSPS) is 21.8. The van der Waals surface area contributed by atoms with E-state index in [1.165, 1.54) is 0 Å². The first-order valence-corrected chi connectivity index (χ1v) is 6.87. The van der Waals surface area contributed by atoms with Crippen LogP contribution in [0.1, 0.15) is 38.5 Å². The molecule has 0 spiro atoms. The second-order valence-electron chi connectivity index (χ2n) is 5.49. The van der Waals surface area contributed by atoms with Crippen molar-refractivity contribution in [2.24, 2.45) is 5.92 Å². The minimum Gasteiger partial charge on any atom is -0.481 e. The molecule has 0 bridgehead atoms. The van der Waals surface area contributed by atoms with Gasteiger partial charge >= 0.3 is 5.97 Å². The largest absolute Gasteiger partial charge is 0.481 e. The van der Waals surface area contributed by atoms with Crippen molar-refractivity contribution in [3.63, 3.8) is 0 Å². The summed E-state index contributed by atoms with van der Waals surface area (Å²) in [5.74, 6) is -0.0495. The average Bonchev–Trinajstić information content (AvgIpc) is 3.12. The fourth-order valence-corrected chi connectivity index (χ4v) is 2.46. The van der Waals surface area contributed by atoms with Gasteiger partial charge in [0.15, 0.2) is 0 Å². The topological polar surface area (TPSA) is 69.6 Å². The molecule has 2 fully saturated rings. The molecule has 1 saturated carbocycles. The average molecular weight is 254 g/mol. The molecule has 5 nitrogen and oxygen atoms in total. The molecule has 1 aliphatic carbocycles. The molecule has 102 valence electrons. The highest BCUT2D eigenvalue weighted by Crippen LogP contribution is 2.22. The standard InChI is InChI=1S/C13H22N2O3/c16-12(14-11-2-3-11)9-15-7-5-10(6-8-15)1-4-13(17)18/h10-11H,1-9H2,(H,14,16)(H,17,18). The molecule has 18 heavy (non-hydrogen) atoms. The summed E-state index contributed by atoms with van der Waals surface area (Å²) in [5.41, 5.74) is 0. The second kappa shape index (κ2) is 6.18. The number of nitrogens with zero attached hydrogens (tertiary/aromatic N) is 1. The Morgan fingerprint density at radius 1 is 1.17 bits per heavy atom. The maximum atomic E-state index is 11.6. The van der Waals surface area contributed by atoms with E-state index in [1.54, 1.807) is 0 Å². The molecule has 2 rings (SSSR count). The van der Waals surface area contributed by atoms with Gasteiger partial charge in [0.25, 0.3) is 0 Å². The van der Waals surface area contributed by atoms with Gasteiger partial charge in [0.05, 0.1) is 6.54 Å². The minimum atomic E-state index is -0.707. The Labute approximate surface area is 108 Å². The zero-order valence-corrected chi connectivity index (χ0v) is 10.7. The summed E-state index contributed by atoms with van der Waals surface area (Å²) in [6, 6.07) is 0.436. The summed E-state index contributed by atoms with van der Waals surface area (Å²) in [4.78, 5) is 24.3. The first-order valence-electron chi connectivity index (χ1n) is 6.87. The van der Waals surface area contributed by atoms with Crippen molar-refractivity contribution in [3.05, 3.63) is 0 Å². The van der Waals surface area contributed by atoms with Crippen molar-refractivity contribution in [2.45, 2.75) is 44.6 Å². The monoisotopic (exact) mass is 254 g/mol. The van der Waals surface area contributed by atoms with Crippen LogP contribution < -0.4 is 5.32 Å². The molecule has 0 radical (unpaired) electrons. The van der Waals surface area contributed by atoms with Crippen molar-refractivity contribution >= 4 is 11.9 Å². The molecular formula is C13H22N2O3. The molecule has 0 unspecified atom stereocenters. The molecule has 0 aromatic carbocycles. The molecule has 1 amide bonds. The van der Waals surface area contributed by atoms with E-state index in [9.17, 15) is 9.59 Å². The van der Waals surface area contributed by atoms with Crippen LogP contribution in [0.25, 0.3) is 0 Å². The Kier molecular flexibility index (Phi) is 4.58. The van der Waals surface area contributed by atoms with Crippen LogP contribution in [0.3, 0.4) is 0 Å². The zero-order chi connectivity index (χ0) is 13.0. The van der Waals surface area contributed by atoms with Gasteiger partial charge in [-0.15, -0.1) is 0 Å². The molecule has 5 heteroatoms. The van der Waals surface area contributed by atoms with Crippen molar-refractivity contribution < 1.29 is 14.7 Å². The number of carboxylic acid groups (broad SMARTS) is 1. The highest BCUT2D eigenvalue weighted by molar-refractivity contribution is 5.78. The SMILES string of the molecule is O=C(O)CCC1CCN(CC(=O)NC2CC2)CC1. The predicted octanol–water partition coefficient (Wildman–Crippen LogP) is 0.842. The molecular weight excluding hydrogens is 232 g/mol. The Morgan fingerprint density at radius 3 is 2.39 bits per heavy atom. The zero-order valence-electron chi connectivity index (χ0n) is 10.7. The highest BCUT2D eigenvalue weighted by Gasteiger charge is 2.25. The lowest BCUT2D eigenvalue weighted by Gasteiger charge is -2.31.